The van der Waals surface area contributed by atoms with Crippen LogP contribution < -0.4 is 10.9 Å². The molecule has 2 aromatic carbocycles. The van der Waals surface area contributed by atoms with Gasteiger partial charge in [0, 0.05) is 23.5 Å². The number of nitrogens with one attached hydrogen (secondary N) is 3. The summed E-state index contributed by atoms with van der Waals surface area (Å²) in [6.45, 7) is 0. The Morgan fingerprint density at radius 3 is 2.71 bits per heavy atom. The Labute approximate surface area is 137 Å². The minimum absolute atomic E-state index is 0.150. The lowest BCUT2D eigenvalue weighted by Gasteiger charge is -2.07. The zero-order chi connectivity index (χ0) is 16.9. The summed E-state index contributed by atoms with van der Waals surface area (Å²) < 4.78 is 13.1. The summed E-state index contributed by atoms with van der Waals surface area (Å²) >= 11 is 0. The second kappa shape index (κ2) is 6.95. The smallest absolute Gasteiger partial charge is 0.271 e. The van der Waals surface area contributed by atoms with Crippen LogP contribution in [0, 0.1) is 5.82 Å². The summed E-state index contributed by atoms with van der Waals surface area (Å²) in [5.74, 6) is -1.07. The number of hydrogen-bond donors (Lipinski definition) is 3. The fraction of sp³-hybridized carbons (Fsp3) is 0.111. The number of aryl methyl sites for hydroxylation is 1. The highest BCUT2D eigenvalue weighted by Crippen LogP contribution is 2.17. The van der Waals surface area contributed by atoms with E-state index < -0.39 is 5.91 Å². The molecular weight excluding hydrogens is 309 g/mol. The summed E-state index contributed by atoms with van der Waals surface area (Å²) in [7, 11) is 0. The van der Waals surface area contributed by atoms with Crippen molar-refractivity contribution >= 4 is 22.7 Å². The van der Waals surface area contributed by atoms with E-state index >= 15 is 0 Å². The molecule has 0 spiro atoms. The number of fused-ring (bicyclic) bond motifs is 1. The van der Waals surface area contributed by atoms with Gasteiger partial charge in [-0.2, -0.15) is 0 Å². The fourth-order valence-electron chi connectivity index (χ4n) is 2.47. The second-order valence-corrected chi connectivity index (χ2v) is 5.38. The minimum atomic E-state index is -0.397. The highest BCUT2D eigenvalue weighted by molar-refractivity contribution is 6.07. The van der Waals surface area contributed by atoms with Crippen LogP contribution in [0.5, 0.6) is 0 Å². The zero-order valence-corrected chi connectivity index (χ0v) is 12.8. The standard InChI is InChI=1S/C18H16FN3O2/c19-13-5-3-4-12(10-13)8-9-17(23)21-22-18(24)15-11-20-16-7-2-1-6-14(15)16/h1-7,10-11,20H,8-9H2,(H,21,23)(H,22,24). The van der Waals surface area contributed by atoms with Gasteiger partial charge in [0.25, 0.3) is 5.91 Å². The van der Waals surface area contributed by atoms with Gasteiger partial charge in [-0.25, -0.2) is 4.39 Å². The molecule has 0 aliphatic rings. The van der Waals surface area contributed by atoms with Crippen LogP contribution in [0.25, 0.3) is 10.9 Å². The average molecular weight is 325 g/mol. The molecule has 0 fully saturated rings. The van der Waals surface area contributed by atoms with E-state index in [1.165, 1.54) is 12.1 Å². The molecule has 5 nitrogen and oxygen atoms in total. The normalized spacial score (nSPS) is 10.5. The molecule has 0 radical (unpaired) electrons. The Bertz CT molecular complexity index is 889. The number of para-hydroxylation sites is 1. The van der Waals surface area contributed by atoms with Crippen LogP contribution in [0.4, 0.5) is 4.39 Å². The van der Waals surface area contributed by atoms with Crippen molar-refractivity contribution in [3.8, 4) is 0 Å². The van der Waals surface area contributed by atoms with Crippen molar-refractivity contribution in [3.63, 3.8) is 0 Å². The maximum Gasteiger partial charge on any atom is 0.271 e. The molecule has 3 rings (SSSR count). The average Bonchev–Trinajstić information content (AvgIpc) is 3.02. The van der Waals surface area contributed by atoms with Crippen LogP contribution in [-0.2, 0) is 11.2 Å². The third-order valence-corrected chi connectivity index (χ3v) is 3.68. The first-order chi connectivity index (χ1) is 11.6. The number of halogens is 1. The van der Waals surface area contributed by atoms with Gasteiger partial charge in [0.15, 0.2) is 0 Å². The van der Waals surface area contributed by atoms with E-state index in [4.69, 9.17) is 0 Å². The number of rotatable bonds is 4. The van der Waals surface area contributed by atoms with Crippen molar-refractivity contribution in [2.45, 2.75) is 12.8 Å². The maximum atomic E-state index is 13.1. The summed E-state index contributed by atoms with van der Waals surface area (Å²) in [5.41, 5.74) is 6.80. The quantitative estimate of drug-likeness (QED) is 0.645. The maximum absolute atomic E-state index is 13.1. The van der Waals surface area contributed by atoms with Crippen molar-refractivity contribution < 1.29 is 14.0 Å². The van der Waals surface area contributed by atoms with Gasteiger partial charge in [-0.3, -0.25) is 20.4 Å². The van der Waals surface area contributed by atoms with E-state index in [-0.39, 0.29) is 18.1 Å². The van der Waals surface area contributed by atoms with Crippen LogP contribution in [0.1, 0.15) is 22.3 Å². The number of amides is 2. The molecule has 0 unspecified atom stereocenters. The van der Waals surface area contributed by atoms with E-state index in [1.807, 2.05) is 24.3 Å². The zero-order valence-electron chi connectivity index (χ0n) is 12.8. The first-order valence-corrected chi connectivity index (χ1v) is 7.53. The fourth-order valence-corrected chi connectivity index (χ4v) is 2.47. The minimum Gasteiger partial charge on any atom is -0.360 e. The molecule has 6 heteroatoms. The highest BCUT2D eigenvalue weighted by Gasteiger charge is 2.12. The van der Waals surface area contributed by atoms with Crippen molar-refractivity contribution in [1.29, 1.82) is 0 Å². The van der Waals surface area contributed by atoms with E-state index in [0.717, 1.165) is 16.5 Å². The molecule has 0 saturated heterocycles. The first kappa shape index (κ1) is 15.7. The molecule has 0 bridgehead atoms. The highest BCUT2D eigenvalue weighted by atomic mass is 19.1. The molecule has 0 aliphatic carbocycles. The van der Waals surface area contributed by atoms with Crippen LogP contribution >= 0.6 is 0 Å². The number of H-pyrrole nitrogens is 1. The van der Waals surface area contributed by atoms with Crippen molar-refractivity contribution in [2.24, 2.45) is 0 Å². The molecule has 1 heterocycles. The summed E-state index contributed by atoms with van der Waals surface area (Å²) in [6, 6.07) is 13.5. The molecule has 0 aliphatic heterocycles. The Morgan fingerprint density at radius 1 is 1.04 bits per heavy atom. The van der Waals surface area contributed by atoms with Crippen molar-refractivity contribution in [2.75, 3.05) is 0 Å². The number of aromatic amines is 1. The van der Waals surface area contributed by atoms with Crippen LogP contribution in [0.15, 0.2) is 54.7 Å². The van der Waals surface area contributed by atoms with Gasteiger partial charge in [-0.05, 0) is 30.2 Å². The number of hydrazine groups is 1. The third kappa shape index (κ3) is 3.60. The van der Waals surface area contributed by atoms with Crippen molar-refractivity contribution in [3.05, 3.63) is 71.7 Å². The molecule has 122 valence electrons. The molecule has 3 aromatic rings. The van der Waals surface area contributed by atoms with Crippen molar-refractivity contribution in [1.82, 2.24) is 15.8 Å². The monoisotopic (exact) mass is 325 g/mol. The van der Waals surface area contributed by atoms with Gasteiger partial charge in [0.1, 0.15) is 5.82 Å². The molecular formula is C18H16FN3O2. The lowest BCUT2D eigenvalue weighted by atomic mass is 10.1. The molecule has 0 atom stereocenters. The van der Waals surface area contributed by atoms with Crippen LogP contribution in [0.2, 0.25) is 0 Å². The first-order valence-electron chi connectivity index (χ1n) is 7.53. The van der Waals surface area contributed by atoms with Crippen LogP contribution in [0.3, 0.4) is 0 Å². The number of hydrogen-bond acceptors (Lipinski definition) is 2. The summed E-state index contributed by atoms with van der Waals surface area (Å²) in [5, 5.41) is 0.781. The number of benzene rings is 2. The Morgan fingerprint density at radius 2 is 1.88 bits per heavy atom. The molecule has 2 amide bonds. The molecule has 1 aromatic heterocycles. The van der Waals surface area contributed by atoms with E-state index in [1.54, 1.807) is 18.3 Å². The van der Waals surface area contributed by atoms with E-state index in [2.05, 4.69) is 15.8 Å². The predicted octanol–water partition coefficient (Wildman–Crippen LogP) is 2.70. The van der Waals surface area contributed by atoms with Gasteiger partial charge >= 0.3 is 0 Å². The van der Waals surface area contributed by atoms with Gasteiger partial charge in [-0.15, -0.1) is 0 Å². The lowest BCUT2D eigenvalue weighted by molar-refractivity contribution is -0.121. The van der Waals surface area contributed by atoms with Gasteiger partial charge in [0.05, 0.1) is 5.56 Å². The second-order valence-electron chi connectivity index (χ2n) is 5.38. The topological polar surface area (TPSA) is 74.0 Å². The lowest BCUT2D eigenvalue weighted by Crippen LogP contribution is -2.41. The third-order valence-electron chi connectivity index (χ3n) is 3.68. The largest absolute Gasteiger partial charge is 0.360 e. The molecule has 3 N–H and O–H groups in total. The van der Waals surface area contributed by atoms with Gasteiger partial charge in [0.2, 0.25) is 5.91 Å². The summed E-state index contributed by atoms with van der Waals surface area (Å²) in [6.07, 6.45) is 2.14. The number of aromatic nitrogens is 1. The predicted molar refractivity (Wildman–Crippen MR) is 88.6 cm³/mol. The number of carbonyl (C=O) groups excluding carboxylic acids is 2. The molecule has 0 saturated carbocycles. The molecule has 24 heavy (non-hydrogen) atoms. The van der Waals surface area contributed by atoms with Crippen LogP contribution in [-0.4, -0.2) is 16.8 Å². The Hall–Kier alpha value is -3.15. The Kier molecular flexibility index (Phi) is 4.56. The number of carbonyl (C=O) groups is 2. The summed E-state index contributed by atoms with van der Waals surface area (Å²) in [4.78, 5) is 27.0. The van der Waals surface area contributed by atoms with E-state index in [0.29, 0.717) is 12.0 Å². The van der Waals surface area contributed by atoms with Gasteiger partial charge < -0.3 is 4.98 Å². The van der Waals surface area contributed by atoms with E-state index in [9.17, 15) is 14.0 Å². The SMILES string of the molecule is O=C(CCc1cccc(F)c1)NNC(=O)c1c[nH]c2ccccc12. The van der Waals surface area contributed by atoms with Gasteiger partial charge in [-0.1, -0.05) is 30.3 Å². The Balaban J connectivity index is 1.53.